The molecule has 1 aliphatic carbocycles. The van der Waals surface area contributed by atoms with Gasteiger partial charge in [-0.25, -0.2) is 0 Å². The maximum Gasteiger partial charge on any atom is 0.326 e. The highest BCUT2D eigenvalue weighted by atomic mass is 16.5. The third-order valence-electron chi connectivity index (χ3n) is 5.08. The molecule has 1 N–H and O–H groups in total. The molecular formula is C16H30N2O2. The van der Waals surface area contributed by atoms with Gasteiger partial charge in [-0.2, -0.15) is 0 Å². The van der Waals surface area contributed by atoms with Crippen LogP contribution in [-0.2, 0) is 9.53 Å². The van der Waals surface area contributed by atoms with E-state index in [1.807, 2.05) is 6.92 Å². The van der Waals surface area contributed by atoms with Crippen LogP contribution < -0.4 is 5.32 Å². The summed E-state index contributed by atoms with van der Waals surface area (Å²) < 4.78 is 5.32. The number of carbonyl (C=O) groups is 1. The summed E-state index contributed by atoms with van der Waals surface area (Å²) in [7, 11) is 0. The zero-order chi connectivity index (χ0) is 14.6. The highest BCUT2D eigenvalue weighted by Crippen LogP contribution is 2.36. The number of nitrogens with zero attached hydrogens (tertiary/aromatic N) is 1. The Hall–Kier alpha value is -0.610. The molecule has 2 rings (SSSR count). The van der Waals surface area contributed by atoms with Crippen LogP contribution in [0.1, 0.15) is 52.9 Å². The van der Waals surface area contributed by atoms with Crippen LogP contribution in [0.4, 0.5) is 0 Å². The minimum absolute atomic E-state index is 0.0458. The summed E-state index contributed by atoms with van der Waals surface area (Å²) >= 11 is 0. The van der Waals surface area contributed by atoms with Crippen LogP contribution in [-0.4, -0.2) is 48.7 Å². The monoisotopic (exact) mass is 282 g/mol. The molecule has 1 aliphatic heterocycles. The van der Waals surface area contributed by atoms with Gasteiger partial charge < -0.3 is 15.0 Å². The van der Waals surface area contributed by atoms with Crippen molar-refractivity contribution in [3.8, 4) is 0 Å². The van der Waals surface area contributed by atoms with Crippen molar-refractivity contribution in [2.75, 3.05) is 26.2 Å². The van der Waals surface area contributed by atoms with Crippen molar-refractivity contribution in [1.29, 1.82) is 0 Å². The molecule has 20 heavy (non-hydrogen) atoms. The number of likely N-dealkylation sites (N-methyl/N-ethyl adjacent to an activating group) is 1. The molecule has 3 atom stereocenters. The topological polar surface area (TPSA) is 41.6 Å². The molecule has 0 aromatic carbocycles. The molecule has 116 valence electrons. The van der Waals surface area contributed by atoms with Gasteiger partial charge in [-0.1, -0.05) is 20.3 Å². The Morgan fingerprint density at radius 1 is 1.35 bits per heavy atom. The molecular weight excluding hydrogens is 252 g/mol. The smallest absolute Gasteiger partial charge is 0.326 e. The van der Waals surface area contributed by atoms with Crippen LogP contribution in [0.15, 0.2) is 0 Å². The standard InChI is InChI=1S/C16H30N2O2/c1-4-13-8-10-18(12-13)14-7-9-16(11-14,17-5-2)15(19)20-6-3/h13-14,17H,4-12H2,1-3H3. The zero-order valence-electron chi connectivity index (χ0n) is 13.3. The van der Waals surface area contributed by atoms with Gasteiger partial charge in [0.25, 0.3) is 0 Å². The van der Waals surface area contributed by atoms with Crippen LogP contribution in [0, 0.1) is 5.92 Å². The summed E-state index contributed by atoms with van der Waals surface area (Å²) in [5, 5.41) is 3.42. The average molecular weight is 282 g/mol. The Kier molecular flexibility index (Phi) is 5.44. The number of carbonyl (C=O) groups excluding carboxylic acids is 1. The normalized spacial score (nSPS) is 34.5. The molecule has 0 aromatic heterocycles. The number of likely N-dealkylation sites (tertiary alicyclic amines) is 1. The van der Waals surface area contributed by atoms with Crippen LogP contribution >= 0.6 is 0 Å². The van der Waals surface area contributed by atoms with Gasteiger partial charge in [-0.3, -0.25) is 4.79 Å². The van der Waals surface area contributed by atoms with Crippen molar-refractivity contribution >= 4 is 5.97 Å². The first-order chi connectivity index (χ1) is 9.65. The number of hydrogen-bond donors (Lipinski definition) is 1. The highest BCUT2D eigenvalue weighted by molar-refractivity contribution is 5.81. The van der Waals surface area contributed by atoms with Crippen molar-refractivity contribution in [1.82, 2.24) is 10.2 Å². The molecule has 0 radical (unpaired) electrons. The SMILES string of the molecule is CCNC1(C(=O)OCC)CCC(N2CCC(CC)C2)C1. The predicted octanol–water partition coefficient (Wildman–Crippen LogP) is 2.18. The molecule has 4 nitrogen and oxygen atoms in total. The summed E-state index contributed by atoms with van der Waals surface area (Å²) in [6.07, 6.45) is 5.54. The van der Waals surface area contributed by atoms with Gasteiger partial charge in [0.05, 0.1) is 6.61 Å². The van der Waals surface area contributed by atoms with E-state index >= 15 is 0 Å². The second-order valence-corrected chi connectivity index (χ2v) is 6.29. The first-order valence-corrected chi connectivity index (χ1v) is 8.31. The number of nitrogens with one attached hydrogen (secondary N) is 1. The third-order valence-corrected chi connectivity index (χ3v) is 5.08. The van der Waals surface area contributed by atoms with E-state index in [2.05, 4.69) is 24.1 Å². The van der Waals surface area contributed by atoms with Crippen molar-refractivity contribution < 1.29 is 9.53 Å². The second-order valence-electron chi connectivity index (χ2n) is 6.29. The number of esters is 1. The zero-order valence-corrected chi connectivity index (χ0v) is 13.3. The van der Waals surface area contributed by atoms with E-state index in [1.54, 1.807) is 0 Å². The van der Waals surface area contributed by atoms with Gasteiger partial charge >= 0.3 is 5.97 Å². The highest BCUT2D eigenvalue weighted by Gasteiger charge is 2.48. The van der Waals surface area contributed by atoms with E-state index in [1.165, 1.54) is 25.9 Å². The van der Waals surface area contributed by atoms with E-state index in [-0.39, 0.29) is 5.97 Å². The Balaban J connectivity index is 1.98. The minimum Gasteiger partial charge on any atom is -0.465 e. The lowest BCUT2D eigenvalue weighted by Crippen LogP contribution is -2.52. The van der Waals surface area contributed by atoms with E-state index < -0.39 is 5.54 Å². The fourth-order valence-corrected chi connectivity index (χ4v) is 3.88. The van der Waals surface area contributed by atoms with Crippen LogP contribution in [0.25, 0.3) is 0 Å². The fraction of sp³-hybridized carbons (Fsp3) is 0.938. The Morgan fingerprint density at radius 2 is 2.15 bits per heavy atom. The Morgan fingerprint density at radius 3 is 2.75 bits per heavy atom. The van der Waals surface area contributed by atoms with Crippen LogP contribution in [0.5, 0.6) is 0 Å². The summed E-state index contributed by atoms with van der Waals surface area (Å²) in [6, 6.07) is 0.551. The van der Waals surface area contributed by atoms with E-state index in [0.29, 0.717) is 12.6 Å². The third kappa shape index (κ3) is 3.17. The summed E-state index contributed by atoms with van der Waals surface area (Å²) in [5.41, 5.74) is -0.431. The number of hydrogen-bond acceptors (Lipinski definition) is 4. The molecule has 2 aliphatic rings. The molecule has 3 unspecified atom stereocenters. The molecule has 0 bridgehead atoms. The largest absolute Gasteiger partial charge is 0.465 e. The predicted molar refractivity (Wildman–Crippen MR) is 80.7 cm³/mol. The van der Waals surface area contributed by atoms with Gasteiger partial charge in [0.1, 0.15) is 5.54 Å². The quantitative estimate of drug-likeness (QED) is 0.758. The Labute approximate surface area is 123 Å². The molecule has 0 spiro atoms. The van der Waals surface area contributed by atoms with Crippen molar-refractivity contribution in [3.05, 3.63) is 0 Å². The lowest BCUT2D eigenvalue weighted by atomic mass is 9.97. The van der Waals surface area contributed by atoms with Gasteiger partial charge in [-0.15, -0.1) is 0 Å². The number of ether oxygens (including phenoxy) is 1. The second kappa shape index (κ2) is 6.90. The maximum absolute atomic E-state index is 12.3. The van der Waals surface area contributed by atoms with Gasteiger partial charge in [0.2, 0.25) is 0 Å². The molecule has 1 saturated carbocycles. The molecule has 0 aromatic rings. The number of rotatable bonds is 6. The van der Waals surface area contributed by atoms with Crippen molar-refractivity contribution in [2.45, 2.75) is 64.5 Å². The van der Waals surface area contributed by atoms with Gasteiger partial charge in [0, 0.05) is 12.6 Å². The maximum atomic E-state index is 12.3. The molecule has 1 saturated heterocycles. The van der Waals surface area contributed by atoms with Crippen molar-refractivity contribution in [3.63, 3.8) is 0 Å². The first-order valence-electron chi connectivity index (χ1n) is 8.31. The molecule has 0 amide bonds. The minimum atomic E-state index is -0.431. The summed E-state index contributed by atoms with van der Waals surface area (Å²) in [4.78, 5) is 14.9. The first kappa shape index (κ1) is 15.8. The van der Waals surface area contributed by atoms with E-state index in [0.717, 1.165) is 31.7 Å². The summed E-state index contributed by atoms with van der Waals surface area (Å²) in [6.45, 7) is 9.94. The lowest BCUT2D eigenvalue weighted by Gasteiger charge is -2.30. The van der Waals surface area contributed by atoms with E-state index in [9.17, 15) is 4.79 Å². The van der Waals surface area contributed by atoms with Gasteiger partial charge in [-0.05, 0) is 51.6 Å². The van der Waals surface area contributed by atoms with Crippen molar-refractivity contribution in [2.24, 2.45) is 5.92 Å². The average Bonchev–Trinajstić information content (AvgIpc) is 3.06. The summed E-state index contributed by atoms with van der Waals surface area (Å²) in [5.74, 6) is 0.808. The molecule has 4 heteroatoms. The molecule has 2 fully saturated rings. The van der Waals surface area contributed by atoms with Crippen LogP contribution in [0.2, 0.25) is 0 Å². The molecule has 1 heterocycles. The van der Waals surface area contributed by atoms with Gasteiger partial charge in [0.15, 0.2) is 0 Å². The Bertz CT molecular complexity index is 334. The van der Waals surface area contributed by atoms with E-state index in [4.69, 9.17) is 4.74 Å². The fourth-order valence-electron chi connectivity index (χ4n) is 3.88. The lowest BCUT2D eigenvalue weighted by molar-refractivity contribution is -0.151. The van der Waals surface area contributed by atoms with Crippen LogP contribution in [0.3, 0.4) is 0 Å².